The average molecular weight is 541 g/mol. The molecule has 1 fully saturated rings. The van der Waals surface area contributed by atoms with Gasteiger partial charge in [0, 0.05) is 25.7 Å². The summed E-state index contributed by atoms with van der Waals surface area (Å²) in [6.07, 6.45) is 2.33. The van der Waals surface area contributed by atoms with Crippen molar-refractivity contribution in [1.82, 2.24) is 20.5 Å². The monoisotopic (exact) mass is 541 g/mol. The van der Waals surface area contributed by atoms with Crippen molar-refractivity contribution in [3.63, 3.8) is 0 Å². The van der Waals surface area contributed by atoms with Crippen LogP contribution < -0.4 is 15.4 Å². The Morgan fingerprint density at radius 1 is 1.23 bits per heavy atom. The van der Waals surface area contributed by atoms with E-state index in [1.165, 1.54) is 0 Å². The van der Waals surface area contributed by atoms with Crippen LogP contribution in [-0.2, 0) is 13.1 Å². The van der Waals surface area contributed by atoms with E-state index >= 15 is 0 Å². The van der Waals surface area contributed by atoms with Gasteiger partial charge < -0.3 is 19.8 Å². The average Bonchev–Trinajstić information content (AvgIpc) is 3.07. The summed E-state index contributed by atoms with van der Waals surface area (Å²) in [6, 6.07) is 8.12. The Balaban J connectivity index is 0.00000341. The highest BCUT2D eigenvalue weighted by atomic mass is 127. The Kier molecular flexibility index (Phi) is 10.6. The van der Waals surface area contributed by atoms with Gasteiger partial charge in [-0.05, 0) is 58.7 Å². The van der Waals surface area contributed by atoms with Gasteiger partial charge in [0.05, 0.1) is 18.8 Å². The maximum atomic E-state index is 5.73. The van der Waals surface area contributed by atoms with Gasteiger partial charge >= 0.3 is 0 Å². The lowest BCUT2D eigenvalue weighted by atomic mass is 9.97. The van der Waals surface area contributed by atoms with Crippen LogP contribution in [0.1, 0.15) is 42.7 Å². The van der Waals surface area contributed by atoms with Crippen LogP contribution >= 0.6 is 24.0 Å². The molecule has 8 heteroatoms. The molecule has 0 aliphatic carbocycles. The number of aryl methyl sites for hydroxylation is 2. The number of hydrogen-bond donors (Lipinski definition) is 2. The minimum atomic E-state index is 0. The van der Waals surface area contributed by atoms with Gasteiger partial charge in [0.15, 0.2) is 5.96 Å². The maximum Gasteiger partial charge on any atom is 0.208 e. The van der Waals surface area contributed by atoms with E-state index in [1.54, 1.807) is 0 Å². The third kappa shape index (κ3) is 7.68. The van der Waals surface area contributed by atoms with E-state index in [1.807, 2.05) is 46.0 Å². The van der Waals surface area contributed by atoms with E-state index in [2.05, 4.69) is 31.6 Å². The molecule has 1 saturated heterocycles. The lowest BCUT2D eigenvalue weighted by Crippen LogP contribution is -2.42. The molecule has 0 radical (unpaired) electrons. The van der Waals surface area contributed by atoms with Gasteiger partial charge in [-0.15, -0.1) is 24.0 Å². The Hall–Kier alpha value is -1.81. The van der Waals surface area contributed by atoms with Crippen molar-refractivity contribution in [2.24, 2.45) is 10.9 Å². The van der Waals surface area contributed by atoms with Crippen LogP contribution in [-0.4, -0.2) is 49.1 Å². The van der Waals surface area contributed by atoms with E-state index in [-0.39, 0.29) is 24.0 Å². The summed E-state index contributed by atoms with van der Waals surface area (Å²) < 4.78 is 11.4. The molecular weight excluding hydrogens is 505 g/mol. The second-order valence-corrected chi connectivity index (χ2v) is 7.82. The fourth-order valence-corrected chi connectivity index (χ4v) is 3.73. The summed E-state index contributed by atoms with van der Waals surface area (Å²) in [6.45, 7) is 11.2. The maximum absolute atomic E-state index is 5.73. The highest BCUT2D eigenvalue weighted by Gasteiger charge is 2.21. The lowest BCUT2D eigenvalue weighted by Gasteiger charge is -2.31. The Labute approximate surface area is 203 Å². The van der Waals surface area contributed by atoms with Gasteiger partial charge in [-0.25, -0.2) is 4.98 Å². The Morgan fingerprint density at radius 2 is 1.97 bits per heavy atom. The molecule has 0 amide bonds. The van der Waals surface area contributed by atoms with E-state index in [4.69, 9.17) is 9.15 Å². The number of oxazole rings is 1. The van der Waals surface area contributed by atoms with Crippen LogP contribution in [0.5, 0.6) is 5.75 Å². The number of para-hydroxylation sites is 1. The summed E-state index contributed by atoms with van der Waals surface area (Å²) in [5, 5.41) is 6.89. The predicted octanol–water partition coefficient (Wildman–Crippen LogP) is 3.89. The number of likely N-dealkylation sites (tertiary alicyclic amines) is 1. The molecule has 7 nitrogen and oxygen atoms in total. The van der Waals surface area contributed by atoms with Crippen molar-refractivity contribution >= 4 is 29.9 Å². The second kappa shape index (κ2) is 12.9. The van der Waals surface area contributed by atoms with Crippen LogP contribution in [0.2, 0.25) is 0 Å². The number of halogens is 1. The molecule has 0 unspecified atom stereocenters. The number of nitrogens with one attached hydrogen (secondary N) is 2. The highest BCUT2D eigenvalue weighted by Crippen LogP contribution is 2.20. The molecule has 2 heterocycles. The molecule has 31 heavy (non-hydrogen) atoms. The largest absolute Gasteiger partial charge is 0.494 e. The molecular formula is C23H36IN5O2. The quantitative estimate of drug-likeness (QED) is 0.300. The molecule has 1 aromatic carbocycles. The van der Waals surface area contributed by atoms with Crippen LogP contribution in [0.4, 0.5) is 0 Å². The van der Waals surface area contributed by atoms with Gasteiger partial charge in [-0.3, -0.25) is 9.89 Å². The highest BCUT2D eigenvalue weighted by molar-refractivity contribution is 14.0. The minimum Gasteiger partial charge on any atom is -0.494 e. The van der Waals surface area contributed by atoms with Gasteiger partial charge in [0.25, 0.3) is 0 Å². The van der Waals surface area contributed by atoms with E-state index in [9.17, 15) is 0 Å². The van der Waals surface area contributed by atoms with Crippen LogP contribution in [0.15, 0.2) is 33.7 Å². The summed E-state index contributed by atoms with van der Waals surface area (Å²) in [7, 11) is 1.81. The van der Waals surface area contributed by atoms with Crippen molar-refractivity contribution in [1.29, 1.82) is 0 Å². The van der Waals surface area contributed by atoms with Crippen molar-refractivity contribution < 1.29 is 9.15 Å². The zero-order chi connectivity index (χ0) is 21.3. The van der Waals surface area contributed by atoms with E-state index in [0.29, 0.717) is 19.1 Å². The number of guanidine groups is 1. The lowest BCUT2D eigenvalue weighted by molar-refractivity contribution is 0.164. The first kappa shape index (κ1) is 25.5. The zero-order valence-electron chi connectivity index (χ0n) is 19.1. The number of nitrogens with zero attached hydrogens (tertiary/aromatic N) is 3. The molecule has 1 aliphatic rings. The van der Waals surface area contributed by atoms with Crippen LogP contribution in [0, 0.1) is 19.8 Å². The molecule has 0 saturated carbocycles. The molecule has 3 rings (SSSR count). The zero-order valence-corrected chi connectivity index (χ0v) is 21.4. The third-order valence-electron chi connectivity index (χ3n) is 5.64. The van der Waals surface area contributed by atoms with Crippen LogP contribution in [0.25, 0.3) is 0 Å². The van der Waals surface area contributed by atoms with Gasteiger partial charge in [-0.1, -0.05) is 18.2 Å². The van der Waals surface area contributed by atoms with Crippen molar-refractivity contribution in [2.45, 2.75) is 46.7 Å². The van der Waals surface area contributed by atoms with E-state index in [0.717, 1.165) is 73.6 Å². The number of aromatic nitrogens is 1. The number of piperidine rings is 1. The predicted molar refractivity (Wildman–Crippen MR) is 135 cm³/mol. The molecule has 2 N–H and O–H groups in total. The Morgan fingerprint density at radius 3 is 2.61 bits per heavy atom. The minimum absolute atomic E-state index is 0. The summed E-state index contributed by atoms with van der Waals surface area (Å²) in [5.41, 5.74) is 2.12. The second-order valence-electron chi connectivity index (χ2n) is 7.82. The molecule has 0 bridgehead atoms. The van der Waals surface area contributed by atoms with Gasteiger partial charge in [0.1, 0.15) is 11.5 Å². The first-order chi connectivity index (χ1) is 14.6. The van der Waals surface area contributed by atoms with Gasteiger partial charge in [0.2, 0.25) is 5.89 Å². The summed E-state index contributed by atoms with van der Waals surface area (Å²) >= 11 is 0. The fraction of sp³-hybridized carbons (Fsp3) is 0.565. The SMILES string of the molecule is CCOc1ccccc1CNC(=NC)NCC1CCN(Cc2nc(C)c(C)o2)CC1.I. The topological polar surface area (TPSA) is 74.9 Å². The molecule has 2 aromatic rings. The van der Waals surface area contributed by atoms with Gasteiger partial charge in [-0.2, -0.15) is 0 Å². The summed E-state index contributed by atoms with van der Waals surface area (Å²) in [5.74, 6) is 4.15. The van der Waals surface area contributed by atoms with E-state index < -0.39 is 0 Å². The molecule has 1 aliphatic heterocycles. The van der Waals surface area contributed by atoms with Crippen molar-refractivity contribution in [3.05, 3.63) is 47.2 Å². The Bertz CT molecular complexity index is 812. The number of benzene rings is 1. The third-order valence-corrected chi connectivity index (χ3v) is 5.64. The smallest absolute Gasteiger partial charge is 0.208 e. The van der Waals surface area contributed by atoms with Crippen molar-refractivity contribution in [2.75, 3.05) is 33.3 Å². The standard InChI is InChI=1S/C23H35N5O2.HI/c1-5-29-21-9-7-6-8-20(21)15-26-23(24-4)25-14-19-10-12-28(13-11-19)16-22-27-17(2)18(3)30-22;/h6-9,19H,5,10-16H2,1-4H3,(H2,24,25,26);1H. The summed E-state index contributed by atoms with van der Waals surface area (Å²) in [4.78, 5) is 11.3. The molecule has 1 aromatic heterocycles. The molecule has 172 valence electrons. The van der Waals surface area contributed by atoms with Crippen molar-refractivity contribution in [3.8, 4) is 5.75 Å². The van der Waals surface area contributed by atoms with Crippen LogP contribution in [0.3, 0.4) is 0 Å². The fourth-order valence-electron chi connectivity index (χ4n) is 3.73. The number of ether oxygens (including phenoxy) is 1. The number of hydrogen-bond acceptors (Lipinski definition) is 5. The number of rotatable bonds is 8. The first-order valence-electron chi connectivity index (χ1n) is 10.9. The normalized spacial score (nSPS) is 15.4. The first-order valence-corrected chi connectivity index (χ1v) is 10.9. The molecule has 0 atom stereocenters. The number of aliphatic imine (C=N–C) groups is 1. The molecule has 0 spiro atoms.